The highest BCUT2D eigenvalue weighted by Crippen LogP contribution is 2.16. The number of rotatable bonds is 8. The smallest absolute Gasteiger partial charge is 0.407 e. The third kappa shape index (κ3) is 6.67. The number of carbonyl (C=O) groups excluding carboxylic acids is 1. The number of methoxy groups -OCH3 is 1. The maximum absolute atomic E-state index is 11.6. The van der Waals surface area contributed by atoms with E-state index in [0.29, 0.717) is 19.8 Å². The predicted molar refractivity (Wildman–Crippen MR) is 93.3 cm³/mol. The Morgan fingerprint density at radius 3 is 2.87 bits per heavy atom. The normalized spacial score (nSPS) is 10.8. The van der Waals surface area contributed by atoms with E-state index in [1.165, 1.54) is 4.88 Å². The summed E-state index contributed by atoms with van der Waals surface area (Å²) in [4.78, 5) is 12.8. The maximum Gasteiger partial charge on any atom is 0.407 e. The minimum Gasteiger partial charge on any atom is -0.445 e. The Morgan fingerprint density at radius 1 is 1.26 bits per heavy atom. The molecule has 1 aromatic carbocycles. The van der Waals surface area contributed by atoms with Gasteiger partial charge in [-0.1, -0.05) is 42.5 Å². The van der Waals surface area contributed by atoms with Gasteiger partial charge in [-0.2, -0.15) is 0 Å². The zero-order chi connectivity index (χ0) is 16.3. The van der Waals surface area contributed by atoms with Gasteiger partial charge in [0, 0.05) is 18.5 Å². The highest BCUT2D eigenvalue weighted by Gasteiger charge is 2.01. The number of benzene rings is 1. The van der Waals surface area contributed by atoms with Crippen molar-refractivity contribution in [2.24, 2.45) is 0 Å². The van der Waals surface area contributed by atoms with Gasteiger partial charge in [0.15, 0.2) is 0 Å². The highest BCUT2D eigenvalue weighted by molar-refractivity contribution is 7.10. The average Bonchev–Trinajstić information content (AvgIpc) is 3.01. The van der Waals surface area contributed by atoms with Crippen LogP contribution in [0.2, 0.25) is 0 Å². The molecule has 1 N–H and O–H groups in total. The lowest BCUT2D eigenvalue weighted by Crippen LogP contribution is -2.24. The van der Waals surface area contributed by atoms with Gasteiger partial charge in [0.05, 0.1) is 6.61 Å². The van der Waals surface area contributed by atoms with Gasteiger partial charge in [-0.15, -0.1) is 11.3 Å². The van der Waals surface area contributed by atoms with Crippen molar-refractivity contribution in [1.82, 2.24) is 5.32 Å². The van der Waals surface area contributed by atoms with Crippen molar-refractivity contribution in [2.45, 2.75) is 19.6 Å². The van der Waals surface area contributed by atoms with E-state index in [1.807, 2.05) is 42.5 Å². The van der Waals surface area contributed by atoms with Crippen LogP contribution in [0.25, 0.3) is 6.08 Å². The van der Waals surface area contributed by atoms with E-state index < -0.39 is 0 Å². The molecule has 2 aromatic rings. The van der Waals surface area contributed by atoms with Crippen LogP contribution < -0.4 is 5.32 Å². The third-order valence-electron chi connectivity index (χ3n) is 3.06. The molecule has 1 aromatic heterocycles. The number of hydrogen-bond donors (Lipinski definition) is 1. The Balaban J connectivity index is 1.60. The number of thiophene rings is 1. The second-order valence-corrected chi connectivity index (χ2v) is 5.95. The van der Waals surface area contributed by atoms with Gasteiger partial charge in [-0.3, -0.25) is 0 Å². The molecule has 4 nitrogen and oxygen atoms in total. The summed E-state index contributed by atoms with van der Waals surface area (Å²) in [6.07, 6.45) is 4.46. The summed E-state index contributed by atoms with van der Waals surface area (Å²) in [5, 5.41) is 4.82. The molecule has 0 bridgehead atoms. The number of ether oxygens (including phenoxy) is 2. The summed E-state index contributed by atoms with van der Waals surface area (Å²) in [5.74, 6) is 0. The van der Waals surface area contributed by atoms with E-state index in [9.17, 15) is 4.79 Å². The van der Waals surface area contributed by atoms with Crippen LogP contribution in [-0.4, -0.2) is 19.7 Å². The van der Waals surface area contributed by atoms with Crippen molar-refractivity contribution in [3.63, 3.8) is 0 Å². The van der Waals surface area contributed by atoms with Gasteiger partial charge in [-0.05, 0) is 29.0 Å². The Morgan fingerprint density at radius 2 is 2.09 bits per heavy atom. The molecule has 1 heterocycles. The molecule has 23 heavy (non-hydrogen) atoms. The lowest BCUT2D eigenvalue weighted by Gasteiger charge is -2.05. The summed E-state index contributed by atoms with van der Waals surface area (Å²) in [6.45, 7) is 1.49. The number of nitrogens with one attached hydrogen (secondary N) is 1. The molecule has 122 valence electrons. The molecule has 0 saturated carbocycles. The Hall–Kier alpha value is -2.11. The fourth-order valence-electron chi connectivity index (χ4n) is 1.95. The molecule has 0 fully saturated rings. The largest absolute Gasteiger partial charge is 0.445 e. The SMILES string of the molecule is COCc1cc(C=CCCNC(=O)OCc2ccccc2)cs1. The fraction of sp³-hybridized carbons (Fsp3) is 0.278. The van der Waals surface area contributed by atoms with Gasteiger partial charge in [0.1, 0.15) is 6.61 Å². The molecule has 0 aliphatic carbocycles. The predicted octanol–water partition coefficient (Wildman–Crippen LogP) is 4.22. The Kier molecular flexibility index (Phi) is 7.36. The maximum atomic E-state index is 11.6. The number of alkyl carbamates (subject to hydrolysis) is 1. The summed E-state index contributed by atoms with van der Waals surface area (Å²) in [7, 11) is 1.69. The lowest BCUT2D eigenvalue weighted by molar-refractivity contribution is 0.140. The third-order valence-corrected chi connectivity index (χ3v) is 3.99. The summed E-state index contributed by atoms with van der Waals surface area (Å²) >= 11 is 1.68. The molecular weight excluding hydrogens is 310 g/mol. The van der Waals surface area contributed by atoms with Crippen LogP contribution in [0.5, 0.6) is 0 Å². The first-order valence-electron chi connectivity index (χ1n) is 7.45. The van der Waals surface area contributed by atoms with Gasteiger partial charge < -0.3 is 14.8 Å². The van der Waals surface area contributed by atoms with Crippen LogP contribution in [-0.2, 0) is 22.7 Å². The zero-order valence-corrected chi connectivity index (χ0v) is 14.0. The van der Waals surface area contributed by atoms with E-state index in [1.54, 1.807) is 18.4 Å². The van der Waals surface area contributed by atoms with Crippen LogP contribution in [0, 0.1) is 0 Å². The van der Waals surface area contributed by atoms with Crippen LogP contribution in [0.1, 0.15) is 22.4 Å². The quantitative estimate of drug-likeness (QED) is 0.737. The molecule has 0 aliphatic heterocycles. The Labute approximate surface area is 140 Å². The van der Waals surface area contributed by atoms with Crippen LogP contribution >= 0.6 is 11.3 Å². The van der Waals surface area contributed by atoms with E-state index in [4.69, 9.17) is 9.47 Å². The molecule has 5 heteroatoms. The van der Waals surface area contributed by atoms with Crippen LogP contribution in [0.3, 0.4) is 0 Å². The van der Waals surface area contributed by atoms with Gasteiger partial charge in [0.2, 0.25) is 0 Å². The molecular formula is C18H21NO3S. The minimum absolute atomic E-state index is 0.291. The van der Waals surface area contributed by atoms with Crippen molar-refractivity contribution in [2.75, 3.05) is 13.7 Å². The highest BCUT2D eigenvalue weighted by atomic mass is 32.1. The van der Waals surface area contributed by atoms with Crippen molar-refractivity contribution in [1.29, 1.82) is 0 Å². The zero-order valence-electron chi connectivity index (χ0n) is 13.2. The number of amides is 1. The molecule has 0 saturated heterocycles. The number of hydrogen-bond acceptors (Lipinski definition) is 4. The van der Waals surface area contributed by atoms with E-state index in [0.717, 1.165) is 17.5 Å². The topological polar surface area (TPSA) is 47.6 Å². The molecule has 0 aliphatic rings. The molecule has 2 rings (SSSR count). The van der Waals surface area contributed by atoms with E-state index in [2.05, 4.69) is 16.8 Å². The lowest BCUT2D eigenvalue weighted by atomic mass is 10.2. The molecule has 0 radical (unpaired) electrons. The summed E-state index contributed by atoms with van der Waals surface area (Å²) in [6, 6.07) is 11.7. The van der Waals surface area contributed by atoms with Crippen molar-refractivity contribution in [3.05, 3.63) is 63.9 Å². The molecule has 0 spiro atoms. The first-order chi connectivity index (χ1) is 11.3. The van der Waals surface area contributed by atoms with Gasteiger partial charge in [0.25, 0.3) is 0 Å². The minimum atomic E-state index is -0.389. The Bertz CT molecular complexity index is 622. The van der Waals surface area contributed by atoms with Gasteiger partial charge >= 0.3 is 6.09 Å². The van der Waals surface area contributed by atoms with Crippen LogP contribution in [0.15, 0.2) is 47.9 Å². The van der Waals surface area contributed by atoms with Gasteiger partial charge in [-0.25, -0.2) is 4.79 Å². The first-order valence-corrected chi connectivity index (χ1v) is 8.33. The average molecular weight is 331 g/mol. The van der Waals surface area contributed by atoms with Crippen molar-refractivity contribution < 1.29 is 14.3 Å². The molecule has 0 unspecified atom stereocenters. The monoisotopic (exact) mass is 331 g/mol. The first kappa shape index (κ1) is 17.2. The summed E-state index contributed by atoms with van der Waals surface area (Å²) < 4.78 is 10.2. The second-order valence-electron chi connectivity index (χ2n) is 4.96. The number of carbonyl (C=O) groups is 1. The standard InChI is InChI=1S/C18H21NO3S/c1-21-13-17-11-16(14-23-17)9-5-6-10-19-18(20)22-12-15-7-3-2-4-8-15/h2-5,7-9,11,14H,6,10,12-13H2,1H3,(H,19,20). The molecule has 0 atom stereocenters. The van der Waals surface area contributed by atoms with E-state index >= 15 is 0 Å². The molecule has 1 amide bonds. The van der Waals surface area contributed by atoms with Crippen molar-refractivity contribution >= 4 is 23.5 Å². The summed E-state index contributed by atoms with van der Waals surface area (Å²) in [5.41, 5.74) is 2.14. The second kappa shape index (κ2) is 9.82. The fourth-order valence-corrected chi connectivity index (χ4v) is 2.78. The van der Waals surface area contributed by atoms with Crippen LogP contribution in [0.4, 0.5) is 4.79 Å². The van der Waals surface area contributed by atoms with Crippen molar-refractivity contribution in [3.8, 4) is 0 Å². The van der Waals surface area contributed by atoms with E-state index in [-0.39, 0.29) is 6.09 Å².